The lowest BCUT2D eigenvalue weighted by Gasteiger charge is -2.30. The smallest absolute Gasteiger partial charge is 0.220 e. The zero-order chi connectivity index (χ0) is 13.5. The first kappa shape index (κ1) is 11.5. The Kier molecular flexibility index (Phi) is 2.50. The fraction of sp³-hybridized carbons (Fsp3) is 0.286. The molecule has 3 heterocycles. The standard InChI is InChI=1S/C14H15N5O/c15-14-17-12-9-16-11-4-2-1-3-10(11)13(12)19(14)18-5-7-20-8-6-18/h1-4,9H,5-8H2,(H2,15,17). The SMILES string of the molecule is Nc1nc2cnc3ccccc3c2n1N1CCOCC1. The third kappa shape index (κ3) is 1.61. The van der Waals surface area contributed by atoms with Crippen LogP contribution in [0.3, 0.4) is 0 Å². The molecule has 0 spiro atoms. The average Bonchev–Trinajstić information content (AvgIpc) is 2.84. The van der Waals surface area contributed by atoms with Gasteiger partial charge in [-0.1, -0.05) is 18.2 Å². The summed E-state index contributed by atoms with van der Waals surface area (Å²) in [6, 6.07) is 8.06. The van der Waals surface area contributed by atoms with E-state index in [-0.39, 0.29) is 0 Å². The van der Waals surface area contributed by atoms with Crippen molar-refractivity contribution in [2.45, 2.75) is 0 Å². The van der Waals surface area contributed by atoms with E-state index in [1.165, 1.54) is 0 Å². The number of para-hydroxylation sites is 1. The molecule has 1 fully saturated rings. The highest BCUT2D eigenvalue weighted by molar-refractivity contribution is 6.03. The molecule has 0 atom stereocenters. The summed E-state index contributed by atoms with van der Waals surface area (Å²) >= 11 is 0. The molecular weight excluding hydrogens is 254 g/mol. The molecule has 2 N–H and O–H groups in total. The summed E-state index contributed by atoms with van der Waals surface area (Å²) in [7, 11) is 0. The first-order chi connectivity index (χ1) is 9.84. The maximum Gasteiger partial charge on any atom is 0.220 e. The van der Waals surface area contributed by atoms with Gasteiger partial charge in [-0.15, -0.1) is 0 Å². The van der Waals surface area contributed by atoms with E-state index >= 15 is 0 Å². The number of hydrogen-bond acceptors (Lipinski definition) is 5. The van der Waals surface area contributed by atoms with E-state index in [1.54, 1.807) is 6.20 Å². The van der Waals surface area contributed by atoms with Crippen LogP contribution in [0.5, 0.6) is 0 Å². The predicted octanol–water partition coefficient (Wildman–Crippen LogP) is 1.13. The number of benzene rings is 1. The van der Waals surface area contributed by atoms with Crippen molar-refractivity contribution < 1.29 is 4.74 Å². The highest BCUT2D eigenvalue weighted by Gasteiger charge is 2.19. The number of pyridine rings is 1. The summed E-state index contributed by atoms with van der Waals surface area (Å²) in [5.74, 6) is 0.500. The number of hydrogen-bond donors (Lipinski definition) is 1. The van der Waals surface area contributed by atoms with E-state index < -0.39 is 0 Å². The molecule has 1 aromatic carbocycles. The van der Waals surface area contributed by atoms with Crippen LogP contribution < -0.4 is 10.7 Å². The average molecular weight is 269 g/mol. The van der Waals surface area contributed by atoms with E-state index in [9.17, 15) is 0 Å². The molecule has 0 saturated carbocycles. The number of morpholine rings is 1. The van der Waals surface area contributed by atoms with Crippen molar-refractivity contribution in [2.75, 3.05) is 37.0 Å². The van der Waals surface area contributed by atoms with Crippen molar-refractivity contribution in [3.63, 3.8) is 0 Å². The summed E-state index contributed by atoms with van der Waals surface area (Å²) in [6.07, 6.45) is 1.78. The Hall–Kier alpha value is -2.34. The molecule has 6 heteroatoms. The van der Waals surface area contributed by atoms with E-state index in [1.807, 2.05) is 22.9 Å². The van der Waals surface area contributed by atoms with Gasteiger partial charge in [0.1, 0.15) is 11.0 Å². The minimum Gasteiger partial charge on any atom is -0.378 e. The second-order valence-corrected chi connectivity index (χ2v) is 4.86. The van der Waals surface area contributed by atoms with Gasteiger partial charge in [0.2, 0.25) is 5.95 Å². The Balaban J connectivity index is 2.03. The number of imidazole rings is 1. The second kappa shape index (κ2) is 4.35. The third-order valence-electron chi connectivity index (χ3n) is 3.66. The number of anilines is 1. The molecule has 0 unspecified atom stereocenters. The van der Waals surface area contributed by atoms with Crippen LogP contribution in [0.1, 0.15) is 0 Å². The fourth-order valence-electron chi connectivity index (χ4n) is 2.75. The number of rotatable bonds is 1. The largest absolute Gasteiger partial charge is 0.378 e. The van der Waals surface area contributed by atoms with Crippen LogP contribution in [0.2, 0.25) is 0 Å². The Bertz CT molecular complexity index is 776. The van der Waals surface area contributed by atoms with Gasteiger partial charge in [-0.3, -0.25) is 4.98 Å². The molecule has 0 bridgehead atoms. The van der Waals surface area contributed by atoms with E-state index in [0.717, 1.165) is 35.0 Å². The molecule has 0 aliphatic carbocycles. The van der Waals surface area contributed by atoms with Gasteiger partial charge in [0, 0.05) is 5.39 Å². The molecule has 20 heavy (non-hydrogen) atoms. The molecule has 1 saturated heterocycles. The number of ether oxygens (including phenoxy) is 1. The Morgan fingerprint density at radius 1 is 1.10 bits per heavy atom. The number of nitrogen functional groups attached to an aromatic ring is 1. The van der Waals surface area contributed by atoms with E-state index in [0.29, 0.717) is 19.2 Å². The van der Waals surface area contributed by atoms with Crippen LogP contribution in [0.25, 0.3) is 21.9 Å². The van der Waals surface area contributed by atoms with Crippen molar-refractivity contribution in [3.05, 3.63) is 30.5 Å². The molecule has 102 valence electrons. The van der Waals surface area contributed by atoms with Crippen molar-refractivity contribution in [3.8, 4) is 0 Å². The van der Waals surface area contributed by atoms with Crippen LogP contribution >= 0.6 is 0 Å². The maximum absolute atomic E-state index is 6.12. The molecule has 0 amide bonds. The van der Waals surface area contributed by atoms with E-state index in [2.05, 4.69) is 21.0 Å². The molecule has 1 aliphatic heterocycles. The van der Waals surface area contributed by atoms with Gasteiger partial charge in [-0.2, -0.15) is 0 Å². The summed E-state index contributed by atoms with van der Waals surface area (Å²) in [4.78, 5) is 8.87. The number of fused-ring (bicyclic) bond motifs is 3. The molecule has 1 aliphatic rings. The molecular formula is C14H15N5O. The normalized spacial score (nSPS) is 16.1. The number of aromatic nitrogens is 3. The summed E-state index contributed by atoms with van der Waals surface area (Å²) in [5.41, 5.74) is 8.92. The number of nitrogens with two attached hydrogens (primary N) is 1. The highest BCUT2D eigenvalue weighted by atomic mass is 16.5. The molecule has 4 rings (SSSR count). The lowest BCUT2D eigenvalue weighted by Crippen LogP contribution is -2.44. The quantitative estimate of drug-likeness (QED) is 0.717. The monoisotopic (exact) mass is 269 g/mol. The summed E-state index contributed by atoms with van der Waals surface area (Å²) in [6.45, 7) is 3.04. The van der Waals surface area contributed by atoms with Crippen LogP contribution in [0, 0.1) is 0 Å². The maximum atomic E-state index is 6.12. The Labute approximate surface area is 115 Å². The van der Waals surface area contributed by atoms with Gasteiger partial charge in [0.15, 0.2) is 0 Å². The van der Waals surface area contributed by atoms with Gasteiger partial charge in [0.25, 0.3) is 0 Å². The van der Waals surface area contributed by atoms with Gasteiger partial charge in [0.05, 0.1) is 38.0 Å². The van der Waals surface area contributed by atoms with Crippen LogP contribution in [-0.4, -0.2) is 40.9 Å². The van der Waals surface area contributed by atoms with Crippen LogP contribution in [-0.2, 0) is 4.74 Å². The topological polar surface area (TPSA) is 69.2 Å². The van der Waals surface area contributed by atoms with Crippen LogP contribution in [0.15, 0.2) is 30.5 Å². The fourth-order valence-corrected chi connectivity index (χ4v) is 2.75. The molecule has 2 aromatic heterocycles. The van der Waals surface area contributed by atoms with Crippen molar-refractivity contribution in [1.29, 1.82) is 0 Å². The lowest BCUT2D eigenvalue weighted by atomic mass is 10.2. The van der Waals surface area contributed by atoms with Gasteiger partial charge in [-0.25, -0.2) is 9.66 Å². The van der Waals surface area contributed by atoms with E-state index in [4.69, 9.17) is 10.5 Å². The third-order valence-corrected chi connectivity index (χ3v) is 3.66. The zero-order valence-electron chi connectivity index (χ0n) is 11.0. The molecule has 3 aromatic rings. The Morgan fingerprint density at radius 3 is 2.75 bits per heavy atom. The first-order valence-corrected chi connectivity index (χ1v) is 6.69. The molecule has 6 nitrogen and oxygen atoms in total. The van der Waals surface area contributed by atoms with Gasteiger partial charge < -0.3 is 15.5 Å². The van der Waals surface area contributed by atoms with Crippen molar-refractivity contribution in [2.24, 2.45) is 0 Å². The minimum atomic E-state index is 0.500. The van der Waals surface area contributed by atoms with Gasteiger partial charge in [-0.05, 0) is 6.07 Å². The van der Waals surface area contributed by atoms with Crippen LogP contribution in [0.4, 0.5) is 5.95 Å². The Morgan fingerprint density at radius 2 is 1.90 bits per heavy atom. The first-order valence-electron chi connectivity index (χ1n) is 6.69. The van der Waals surface area contributed by atoms with Crippen molar-refractivity contribution >= 4 is 27.9 Å². The number of nitrogens with zero attached hydrogens (tertiary/aromatic N) is 4. The zero-order valence-corrected chi connectivity index (χ0v) is 11.0. The molecule has 0 radical (unpaired) electrons. The minimum absolute atomic E-state index is 0.500. The second-order valence-electron chi connectivity index (χ2n) is 4.86. The highest BCUT2D eigenvalue weighted by Crippen LogP contribution is 2.26. The van der Waals surface area contributed by atoms with Crippen molar-refractivity contribution in [1.82, 2.24) is 14.6 Å². The lowest BCUT2D eigenvalue weighted by molar-refractivity contribution is 0.112. The predicted molar refractivity (Wildman–Crippen MR) is 78.2 cm³/mol. The summed E-state index contributed by atoms with van der Waals surface area (Å²) in [5, 5.41) is 3.25. The summed E-state index contributed by atoms with van der Waals surface area (Å²) < 4.78 is 7.41. The van der Waals surface area contributed by atoms with Gasteiger partial charge >= 0.3 is 0 Å².